The Morgan fingerprint density at radius 1 is 1.03 bits per heavy atom. The smallest absolute Gasteiger partial charge is 0.262 e. The molecule has 3 aromatic carbocycles. The molecule has 186 valence electrons. The Kier molecular flexibility index (Phi) is 8.51. The molecule has 1 N–H and O–H groups in total. The second kappa shape index (κ2) is 12.0. The quantitative estimate of drug-likeness (QED) is 0.239. The zero-order chi connectivity index (χ0) is 25.5. The van der Waals surface area contributed by atoms with Gasteiger partial charge < -0.3 is 14.8 Å². The van der Waals surface area contributed by atoms with Crippen molar-refractivity contribution in [1.29, 1.82) is 0 Å². The first-order valence-corrected chi connectivity index (χ1v) is 12.7. The van der Waals surface area contributed by atoms with Gasteiger partial charge >= 0.3 is 0 Å². The number of ether oxygens (including phenoxy) is 2. The minimum absolute atomic E-state index is 0.117. The van der Waals surface area contributed by atoms with Crippen LogP contribution in [0.1, 0.15) is 11.1 Å². The maximum absolute atomic E-state index is 13.3. The molecule has 0 bridgehead atoms. The molecule has 9 heteroatoms. The van der Waals surface area contributed by atoms with Crippen molar-refractivity contribution in [2.24, 2.45) is 0 Å². The number of hydrogen-bond donors (Lipinski definition) is 1. The number of benzene rings is 3. The largest absolute Gasteiger partial charge is 0.493 e. The lowest BCUT2D eigenvalue weighted by Crippen LogP contribution is -2.27. The molecule has 0 aliphatic rings. The molecule has 0 aliphatic carbocycles. The molecule has 4 rings (SSSR count). The lowest BCUT2D eigenvalue weighted by Gasteiger charge is -2.14. The summed E-state index contributed by atoms with van der Waals surface area (Å²) in [6.07, 6.45) is 0.576. The number of para-hydroxylation sites is 1. The fourth-order valence-corrected chi connectivity index (χ4v) is 4.81. The van der Waals surface area contributed by atoms with Crippen molar-refractivity contribution in [2.45, 2.75) is 24.7 Å². The number of aryl methyl sites for hydroxylation is 1. The van der Waals surface area contributed by atoms with Crippen LogP contribution in [-0.4, -0.2) is 35.4 Å². The first kappa shape index (κ1) is 25.6. The van der Waals surface area contributed by atoms with E-state index in [2.05, 4.69) is 5.32 Å². The van der Waals surface area contributed by atoms with E-state index in [0.717, 1.165) is 11.1 Å². The number of nitrogens with zero attached hydrogens (tertiary/aromatic N) is 2. The molecule has 0 atom stereocenters. The first-order valence-electron chi connectivity index (χ1n) is 11.3. The van der Waals surface area contributed by atoms with Gasteiger partial charge in [-0.05, 0) is 47.9 Å². The summed E-state index contributed by atoms with van der Waals surface area (Å²) in [6, 6.07) is 20.3. The standard InChI is InChI=1S/C27H26ClN3O4S/c1-34-23-12-11-18(15-24(23)35-2)13-14-31-26(33)20-8-4-6-10-22(20)30-27(31)36-17-25(32)29-16-19-7-3-5-9-21(19)28/h3-12,15H,13-14,16-17H2,1-2H3,(H,29,32). The van der Waals surface area contributed by atoms with Crippen molar-refractivity contribution in [3.05, 3.63) is 93.2 Å². The van der Waals surface area contributed by atoms with Crippen LogP contribution in [-0.2, 0) is 24.3 Å². The minimum Gasteiger partial charge on any atom is -0.493 e. The van der Waals surface area contributed by atoms with Crippen molar-refractivity contribution < 1.29 is 14.3 Å². The summed E-state index contributed by atoms with van der Waals surface area (Å²) in [7, 11) is 3.18. The number of rotatable bonds is 10. The Balaban J connectivity index is 1.52. The van der Waals surface area contributed by atoms with Crippen molar-refractivity contribution in [2.75, 3.05) is 20.0 Å². The van der Waals surface area contributed by atoms with Crippen LogP contribution in [0.5, 0.6) is 11.5 Å². The van der Waals surface area contributed by atoms with E-state index in [9.17, 15) is 9.59 Å². The molecule has 4 aromatic rings. The van der Waals surface area contributed by atoms with Crippen LogP contribution in [0, 0.1) is 0 Å². The molecular weight excluding hydrogens is 498 g/mol. The number of amides is 1. The highest BCUT2D eigenvalue weighted by molar-refractivity contribution is 7.99. The van der Waals surface area contributed by atoms with Crippen LogP contribution in [0.2, 0.25) is 5.02 Å². The van der Waals surface area contributed by atoms with Crippen LogP contribution in [0.4, 0.5) is 0 Å². The normalized spacial score (nSPS) is 10.9. The third-order valence-electron chi connectivity index (χ3n) is 5.66. The van der Waals surface area contributed by atoms with Crippen LogP contribution in [0.15, 0.2) is 76.7 Å². The first-order chi connectivity index (χ1) is 17.5. The van der Waals surface area contributed by atoms with E-state index < -0.39 is 0 Å². The third kappa shape index (κ3) is 6.01. The highest BCUT2D eigenvalue weighted by atomic mass is 35.5. The number of thioether (sulfide) groups is 1. The Hall–Kier alpha value is -3.49. The van der Waals surface area contributed by atoms with Gasteiger partial charge in [0.15, 0.2) is 16.7 Å². The maximum atomic E-state index is 13.3. The van der Waals surface area contributed by atoms with Crippen LogP contribution in [0.3, 0.4) is 0 Å². The van der Waals surface area contributed by atoms with Gasteiger partial charge in [0.05, 0.1) is 30.9 Å². The van der Waals surface area contributed by atoms with E-state index in [1.54, 1.807) is 37.0 Å². The average Bonchev–Trinajstić information content (AvgIpc) is 2.90. The molecule has 7 nitrogen and oxygen atoms in total. The summed E-state index contributed by atoms with van der Waals surface area (Å²) in [5.41, 5.74) is 2.29. The van der Waals surface area contributed by atoms with Crippen molar-refractivity contribution in [3.8, 4) is 11.5 Å². The molecule has 0 aliphatic heterocycles. The topological polar surface area (TPSA) is 82.5 Å². The number of carbonyl (C=O) groups is 1. The lowest BCUT2D eigenvalue weighted by molar-refractivity contribution is -0.118. The molecular formula is C27H26ClN3O4S. The van der Waals surface area contributed by atoms with Gasteiger partial charge in [-0.1, -0.05) is 59.8 Å². The van der Waals surface area contributed by atoms with Gasteiger partial charge in [-0.15, -0.1) is 0 Å². The molecule has 0 fully saturated rings. The van der Waals surface area contributed by atoms with Gasteiger partial charge in [0, 0.05) is 18.1 Å². The number of aromatic nitrogens is 2. The summed E-state index contributed by atoms with van der Waals surface area (Å²) in [6.45, 7) is 0.728. The zero-order valence-corrected chi connectivity index (χ0v) is 21.6. The van der Waals surface area contributed by atoms with E-state index >= 15 is 0 Å². The summed E-state index contributed by atoms with van der Waals surface area (Å²) < 4.78 is 12.3. The van der Waals surface area contributed by atoms with Crippen LogP contribution >= 0.6 is 23.4 Å². The number of nitrogens with one attached hydrogen (secondary N) is 1. The number of fused-ring (bicyclic) bond motifs is 1. The highest BCUT2D eigenvalue weighted by Gasteiger charge is 2.14. The summed E-state index contributed by atoms with van der Waals surface area (Å²) in [5.74, 6) is 1.22. The fraction of sp³-hybridized carbons (Fsp3) is 0.222. The summed E-state index contributed by atoms with van der Waals surface area (Å²) >= 11 is 7.41. The average molecular weight is 524 g/mol. The highest BCUT2D eigenvalue weighted by Crippen LogP contribution is 2.28. The predicted molar refractivity (Wildman–Crippen MR) is 143 cm³/mol. The molecule has 0 saturated carbocycles. The van der Waals surface area contributed by atoms with E-state index in [1.165, 1.54) is 11.8 Å². The van der Waals surface area contributed by atoms with E-state index in [1.807, 2.05) is 48.5 Å². The van der Waals surface area contributed by atoms with Gasteiger partial charge in [-0.25, -0.2) is 4.98 Å². The Labute approximate surface area is 218 Å². The second-order valence-corrected chi connectivity index (χ2v) is 9.31. The Morgan fingerprint density at radius 3 is 2.56 bits per heavy atom. The summed E-state index contributed by atoms with van der Waals surface area (Å²) in [5, 5.41) is 4.51. The molecule has 0 radical (unpaired) electrons. The summed E-state index contributed by atoms with van der Waals surface area (Å²) in [4.78, 5) is 30.6. The lowest BCUT2D eigenvalue weighted by atomic mass is 10.1. The fourth-order valence-electron chi connectivity index (χ4n) is 3.75. The minimum atomic E-state index is -0.172. The molecule has 36 heavy (non-hydrogen) atoms. The molecule has 1 amide bonds. The van der Waals surface area contributed by atoms with E-state index in [4.69, 9.17) is 26.1 Å². The van der Waals surface area contributed by atoms with E-state index in [0.29, 0.717) is 52.1 Å². The van der Waals surface area contributed by atoms with Crippen LogP contribution < -0.4 is 20.3 Å². The monoisotopic (exact) mass is 523 g/mol. The Bertz CT molecular complexity index is 1440. The number of carbonyl (C=O) groups excluding carboxylic acids is 1. The Morgan fingerprint density at radius 2 is 1.78 bits per heavy atom. The molecule has 1 aromatic heterocycles. The number of methoxy groups -OCH3 is 2. The van der Waals surface area contributed by atoms with Crippen molar-refractivity contribution >= 4 is 40.2 Å². The van der Waals surface area contributed by atoms with E-state index in [-0.39, 0.29) is 17.2 Å². The predicted octanol–water partition coefficient (Wildman–Crippen LogP) is 4.72. The van der Waals surface area contributed by atoms with Gasteiger partial charge in [0.1, 0.15) is 0 Å². The molecule has 0 unspecified atom stereocenters. The van der Waals surface area contributed by atoms with Crippen molar-refractivity contribution in [1.82, 2.24) is 14.9 Å². The zero-order valence-electron chi connectivity index (χ0n) is 20.0. The number of hydrogen-bond acceptors (Lipinski definition) is 6. The molecule has 1 heterocycles. The van der Waals surface area contributed by atoms with Gasteiger partial charge in [0.25, 0.3) is 5.56 Å². The van der Waals surface area contributed by atoms with Gasteiger partial charge in [-0.3, -0.25) is 14.2 Å². The molecule has 0 saturated heterocycles. The second-order valence-electron chi connectivity index (χ2n) is 7.96. The SMILES string of the molecule is COc1ccc(CCn2c(SCC(=O)NCc3ccccc3Cl)nc3ccccc3c2=O)cc1OC. The van der Waals surface area contributed by atoms with Crippen molar-refractivity contribution in [3.63, 3.8) is 0 Å². The maximum Gasteiger partial charge on any atom is 0.262 e. The van der Waals surface area contributed by atoms with Gasteiger partial charge in [-0.2, -0.15) is 0 Å². The third-order valence-corrected chi connectivity index (χ3v) is 7.01. The van der Waals surface area contributed by atoms with Crippen LogP contribution in [0.25, 0.3) is 10.9 Å². The molecule has 0 spiro atoms. The van der Waals surface area contributed by atoms with Gasteiger partial charge in [0.2, 0.25) is 5.91 Å². The number of halogens is 1.